The molecule has 1 atom stereocenters. The number of nitrogens with two attached hydrogens (primary N) is 1. The molecular formula is C14H21N3O4. The quantitative estimate of drug-likeness (QED) is 0.636. The van der Waals surface area contributed by atoms with Crippen LogP contribution in [0.2, 0.25) is 0 Å². The van der Waals surface area contributed by atoms with Crippen molar-refractivity contribution in [3.63, 3.8) is 0 Å². The van der Waals surface area contributed by atoms with Crippen molar-refractivity contribution in [1.82, 2.24) is 5.32 Å². The fourth-order valence-corrected chi connectivity index (χ4v) is 1.63. The number of ether oxygens (including phenoxy) is 2. The van der Waals surface area contributed by atoms with Crippen molar-refractivity contribution in [2.75, 3.05) is 32.7 Å². The predicted molar refractivity (Wildman–Crippen MR) is 79.0 cm³/mol. The van der Waals surface area contributed by atoms with Crippen molar-refractivity contribution in [3.8, 4) is 0 Å². The Hall–Kier alpha value is -2.12. The lowest BCUT2D eigenvalue weighted by atomic mass is 10.1. The van der Waals surface area contributed by atoms with Crippen LogP contribution >= 0.6 is 0 Å². The zero-order valence-corrected chi connectivity index (χ0v) is 12.2. The zero-order chi connectivity index (χ0) is 15.7. The number of hydrogen-bond acceptors (Lipinski definition) is 5. The van der Waals surface area contributed by atoms with Crippen LogP contribution in [0.25, 0.3) is 0 Å². The Morgan fingerprint density at radius 2 is 1.90 bits per heavy atom. The van der Waals surface area contributed by atoms with Crippen molar-refractivity contribution < 1.29 is 19.1 Å². The third-order valence-electron chi connectivity index (χ3n) is 2.76. The summed E-state index contributed by atoms with van der Waals surface area (Å²) < 4.78 is 9.65. The van der Waals surface area contributed by atoms with Crippen molar-refractivity contribution >= 4 is 17.7 Å². The zero-order valence-electron chi connectivity index (χ0n) is 12.2. The van der Waals surface area contributed by atoms with Gasteiger partial charge in [0.1, 0.15) is 6.61 Å². The second-order valence-corrected chi connectivity index (χ2v) is 4.38. The third kappa shape index (κ3) is 6.24. The molecule has 0 aromatic heterocycles. The van der Waals surface area contributed by atoms with E-state index in [-0.39, 0.29) is 12.5 Å². The normalized spacial score (nSPS) is 11.6. The van der Waals surface area contributed by atoms with Crippen LogP contribution in [0.15, 0.2) is 24.3 Å². The van der Waals surface area contributed by atoms with Gasteiger partial charge in [0.2, 0.25) is 5.91 Å². The molecule has 7 heteroatoms. The molecular weight excluding hydrogens is 274 g/mol. The van der Waals surface area contributed by atoms with Gasteiger partial charge in [-0.3, -0.25) is 10.1 Å². The van der Waals surface area contributed by atoms with E-state index in [1.165, 1.54) is 7.11 Å². The van der Waals surface area contributed by atoms with Crippen LogP contribution in [-0.2, 0) is 20.7 Å². The van der Waals surface area contributed by atoms with Crippen LogP contribution in [0.4, 0.5) is 10.5 Å². The van der Waals surface area contributed by atoms with Crippen LogP contribution in [0.3, 0.4) is 0 Å². The Balaban J connectivity index is 2.46. The molecule has 4 N–H and O–H groups in total. The fraction of sp³-hybridized carbons (Fsp3) is 0.429. The van der Waals surface area contributed by atoms with Gasteiger partial charge in [0, 0.05) is 19.8 Å². The first-order valence-electron chi connectivity index (χ1n) is 6.55. The van der Waals surface area contributed by atoms with E-state index in [1.807, 2.05) is 0 Å². The number of likely N-dealkylation sites (N-methyl/N-ethyl adjacent to an activating group) is 1. The van der Waals surface area contributed by atoms with E-state index >= 15 is 0 Å². The molecule has 0 spiro atoms. The second kappa shape index (κ2) is 8.93. The van der Waals surface area contributed by atoms with E-state index < -0.39 is 12.1 Å². The Morgan fingerprint density at radius 3 is 2.48 bits per heavy atom. The average Bonchev–Trinajstić information content (AvgIpc) is 2.48. The number of carbonyl (C=O) groups is 2. The van der Waals surface area contributed by atoms with E-state index in [2.05, 4.69) is 10.6 Å². The number of anilines is 1. The number of methoxy groups -OCH3 is 1. The summed E-state index contributed by atoms with van der Waals surface area (Å²) in [5.74, 6) is -0.209. The van der Waals surface area contributed by atoms with E-state index in [0.717, 1.165) is 5.56 Å². The number of carbonyl (C=O) groups excluding carboxylic acids is 2. The van der Waals surface area contributed by atoms with Crippen molar-refractivity contribution in [3.05, 3.63) is 29.8 Å². The minimum Gasteiger partial charge on any atom is -0.447 e. The number of hydrogen-bond donors (Lipinski definition) is 3. The summed E-state index contributed by atoms with van der Waals surface area (Å²) in [6.45, 7) is 0.547. The Kier molecular flexibility index (Phi) is 7.20. The van der Waals surface area contributed by atoms with Crippen molar-refractivity contribution in [2.45, 2.75) is 12.5 Å². The summed E-state index contributed by atoms with van der Waals surface area (Å²) in [7, 11) is 3.08. The molecule has 0 saturated heterocycles. The van der Waals surface area contributed by atoms with Gasteiger partial charge in [-0.15, -0.1) is 0 Å². The maximum Gasteiger partial charge on any atom is 0.411 e. The SMILES string of the molecule is CNC(=O)[C@@H](N)Cc1ccc(NC(=O)OCCOC)cc1. The lowest BCUT2D eigenvalue weighted by Crippen LogP contribution is -2.40. The summed E-state index contributed by atoms with van der Waals surface area (Å²) in [5.41, 5.74) is 7.25. The number of rotatable bonds is 7. The van der Waals surface area contributed by atoms with Gasteiger partial charge in [-0.25, -0.2) is 4.79 Å². The highest BCUT2D eigenvalue weighted by molar-refractivity contribution is 5.84. The molecule has 2 amide bonds. The van der Waals surface area contributed by atoms with Crippen molar-refractivity contribution in [1.29, 1.82) is 0 Å². The highest BCUT2D eigenvalue weighted by atomic mass is 16.6. The molecule has 21 heavy (non-hydrogen) atoms. The summed E-state index contributed by atoms with van der Waals surface area (Å²) in [5, 5.41) is 5.09. The van der Waals surface area contributed by atoms with Gasteiger partial charge in [0.05, 0.1) is 12.6 Å². The molecule has 0 aliphatic heterocycles. The molecule has 0 fully saturated rings. The Morgan fingerprint density at radius 1 is 1.24 bits per heavy atom. The molecule has 0 unspecified atom stereocenters. The monoisotopic (exact) mass is 295 g/mol. The lowest BCUT2D eigenvalue weighted by Gasteiger charge is -2.11. The molecule has 1 aromatic rings. The molecule has 0 bridgehead atoms. The fourth-order valence-electron chi connectivity index (χ4n) is 1.63. The predicted octanol–water partition coefficient (Wildman–Crippen LogP) is 0.497. The van der Waals surface area contributed by atoms with Crippen LogP contribution in [0.5, 0.6) is 0 Å². The maximum absolute atomic E-state index is 11.4. The maximum atomic E-state index is 11.4. The van der Waals surface area contributed by atoms with E-state index in [9.17, 15) is 9.59 Å². The van der Waals surface area contributed by atoms with Gasteiger partial charge in [0.25, 0.3) is 0 Å². The molecule has 0 aliphatic rings. The first-order valence-corrected chi connectivity index (χ1v) is 6.55. The summed E-state index contributed by atoms with van der Waals surface area (Å²) in [4.78, 5) is 22.8. The second-order valence-electron chi connectivity index (χ2n) is 4.38. The summed E-state index contributed by atoms with van der Waals surface area (Å²) >= 11 is 0. The number of benzene rings is 1. The van der Waals surface area contributed by atoms with Crippen molar-refractivity contribution in [2.24, 2.45) is 5.73 Å². The lowest BCUT2D eigenvalue weighted by molar-refractivity contribution is -0.121. The molecule has 7 nitrogen and oxygen atoms in total. The molecule has 0 saturated carbocycles. The summed E-state index contributed by atoms with van der Waals surface area (Å²) in [6, 6.07) is 6.46. The topological polar surface area (TPSA) is 103 Å². The average molecular weight is 295 g/mol. The minimum absolute atomic E-state index is 0.196. The van der Waals surface area contributed by atoms with E-state index in [1.54, 1.807) is 31.3 Å². The number of amides is 2. The first kappa shape index (κ1) is 16.9. The van der Waals surface area contributed by atoms with Gasteiger partial charge < -0.3 is 20.5 Å². The molecule has 0 heterocycles. The molecule has 116 valence electrons. The van der Waals surface area contributed by atoms with Gasteiger partial charge in [-0.2, -0.15) is 0 Å². The van der Waals surface area contributed by atoms with Gasteiger partial charge in [0.15, 0.2) is 0 Å². The molecule has 0 radical (unpaired) electrons. The highest BCUT2D eigenvalue weighted by Crippen LogP contribution is 2.11. The van der Waals surface area contributed by atoms with Crippen LogP contribution in [0, 0.1) is 0 Å². The van der Waals surface area contributed by atoms with Crippen LogP contribution in [0.1, 0.15) is 5.56 Å². The van der Waals surface area contributed by atoms with Gasteiger partial charge in [-0.1, -0.05) is 12.1 Å². The third-order valence-corrected chi connectivity index (χ3v) is 2.76. The van der Waals surface area contributed by atoms with E-state index in [4.69, 9.17) is 15.2 Å². The highest BCUT2D eigenvalue weighted by Gasteiger charge is 2.12. The van der Waals surface area contributed by atoms with Crippen LogP contribution < -0.4 is 16.4 Å². The number of nitrogens with one attached hydrogen (secondary N) is 2. The Labute approximate surface area is 123 Å². The first-order chi connectivity index (χ1) is 10.1. The Bertz CT molecular complexity index is 462. The molecule has 1 aromatic carbocycles. The van der Waals surface area contributed by atoms with E-state index in [0.29, 0.717) is 18.7 Å². The molecule has 1 rings (SSSR count). The standard InChI is InChI=1S/C14H21N3O4/c1-16-13(18)12(15)9-10-3-5-11(6-4-10)17-14(19)21-8-7-20-2/h3-6,12H,7-9,15H2,1-2H3,(H,16,18)(H,17,19)/t12-/m0/s1. The largest absolute Gasteiger partial charge is 0.447 e. The minimum atomic E-state index is -0.590. The summed E-state index contributed by atoms with van der Waals surface area (Å²) in [6.07, 6.45) is -0.111. The van der Waals surface area contributed by atoms with Crippen LogP contribution in [-0.4, -0.2) is 45.4 Å². The molecule has 0 aliphatic carbocycles. The van der Waals surface area contributed by atoms with Gasteiger partial charge >= 0.3 is 6.09 Å². The van der Waals surface area contributed by atoms with Gasteiger partial charge in [-0.05, 0) is 24.1 Å². The smallest absolute Gasteiger partial charge is 0.411 e.